The Morgan fingerprint density at radius 3 is 2.13 bits per heavy atom. The van der Waals surface area contributed by atoms with E-state index in [9.17, 15) is 9.59 Å². The maximum Gasteiger partial charge on any atom is 0.193 e. The van der Waals surface area contributed by atoms with Crippen molar-refractivity contribution in [3.8, 4) is 11.5 Å². The first kappa shape index (κ1) is 16.7. The molecule has 0 radical (unpaired) electrons. The fraction of sp³-hybridized carbons (Fsp3) is 0.263. The van der Waals surface area contributed by atoms with Gasteiger partial charge in [0.1, 0.15) is 17.1 Å². The van der Waals surface area contributed by atoms with Crippen LogP contribution < -0.4 is 9.47 Å². The molecule has 2 rings (SSSR count). The third-order valence-electron chi connectivity index (χ3n) is 3.17. The molecule has 0 atom stereocenters. The summed E-state index contributed by atoms with van der Waals surface area (Å²) >= 11 is 0. The van der Waals surface area contributed by atoms with Crippen LogP contribution in [0, 0.1) is 0 Å². The molecule has 0 unspecified atom stereocenters. The van der Waals surface area contributed by atoms with Crippen LogP contribution in [0.1, 0.15) is 47.1 Å². The summed E-state index contributed by atoms with van der Waals surface area (Å²) in [4.78, 5) is 23.9. The molecule has 0 saturated carbocycles. The monoisotopic (exact) mass is 312 g/mol. The smallest absolute Gasteiger partial charge is 0.193 e. The summed E-state index contributed by atoms with van der Waals surface area (Å²) in [5.41, 5.74) is 0.768. The summed E-state index contributed by atoms with van der Waals surface area (Å²) in [6, 6.07) is 11.7. The van der Waals surface area contributed by atoms with Gasteiger partial charge in [-0.3, -0.25) is 9.59 Å². The van der Waals surface area contributed by atoms with Crippen LogP contribution in [0.4, 0.5) is 0 Å². The Hall–Kier alpha value is -2.62. The van der Waals surface area contributed by atoms with Crippen molar-refractivity contribution in [1.29, 1.82) is 0 Å². The first-order valence-electron chi connectivity index (χ1n) is 7.31. The van der Waals surface area contributed by atoms with E-state index in [1.165, 1.54) is 0 Å². The second-order valence-electron chi connectivity index (χ2n) is 6.14. The summed E-state index contributed by atoms with van der Waals surface area (Å²) < 4.78 is 10.9. The molecule has 0 aromatic heterocycles. The molecular formula is C19H20O4. The SMILES string of the molecule is COc1ccc(C(=O)c2cc(OC(C)(C)C)ccc2C=O)cc1. The lowest BCUT2D eigenvalue weighted by atomic mass is 9.98. The van der Waals surface area contributed by atoms with Gasteiger partial charge in [-0.15, -0.1) is 0 Å². The van der Waals surface area contributed by atoms with Crippen molar-refractivity contribution in [2.45, 2.75) is 26.4 Å². The van der Waals surface area contributed by atoms with Crippen molar-refractivity contribution in [1.82, 2.24) is 0 Å². The molecule has 0 bridgehead atoms. The predicted molar refractivity (Wildman–Crippen MR) is 88.6 cm³/mol. The maximum absolute atomic E-state index is 12.7. The summed E-state index contributed by atoms with van der Waals surface area (Å²) in [6.45, 7) is 5.77. The molecule has 0 spiro atoms. The Kier molecular flexibility index (Phi) is 4.84. The Morgan fingerprint density at radius 1 is 1.00 bits per heavy atom. The molecule has 2 aromatic carbocycles. The Balaban J connectivity index is 2.40. The minimum absolute atomic E-state index is 0.228. The van der Waals surface area contributed by atoms with Crippen LogP contribution in [0.2, 0.25) is 0 Å². The van der Waals surface area contributed by atoms with Gasteiger partial charge in [-0.2, -0.15) is 0 Å². The zero-order valence-corrected chi connectivity index (χ0v) is 13.8. The molecule has 0 N–H and O–H groups in total. The van der Waals surface area contributed by atoms with Crippen LogP contribution in [0.25, 0.3) is 0 Å². The fourth-order valence-corrected chi connectivity index (χ4v) is 2.15. The highest BCUT2D eigenvalue weighted by molar-refractivity contribution is 6.13. The zero-order chi connectivity index (χ0) is 17.0. The lowest BCUT2D eigenvalue weighted by molar-refractivity contribution is 0.102. The van der Waals surface area contributed by atoms with E-state index in [0.717, 1.165) is 0 Å². The highest BCUT2D eigenvalue weighted by Crippen LogP contribution is 2.24. The fourth-order valence-electron chi connectivity index (χ4n) is 2.15. The number of carbonyl (C=O) groups excluding carboxylic acids is 2. The number of rotatable bonds is 5. The lowest BCUT2D eigenvalue weighted by Gasteiger charge is -2.21. The minimum atomic E-state index is -0.386. The quantitative estimate of drug-likeness (QED) is 0.620. The van der Waals surface area contributed by atoms with E-state index in [1.807, 2.05) is 20.8 Å². The van der Waals surface area contributed by atoms with Gasteiger partial charge in [-0.1, -0.05) is 0 Å². The van der Waals surface area contributed by atoms with Crippen LogP contribution >= 0.6 is 0 Å². The van der Waals surface area contributed by atoms with E-state index in [-0.39, 0.29) is 11.4 Å². The summed E-state index contributed by atoms with van der Waals surface area (Å²) in [6.07, 6.45) is 0.678. The van der Waals surface area contributed by atoms with Gasteiger partial charge >= 0.3 is 0 Å². The topological polar surface area (TPSA) is 52.6 Å². The van der Waals surface area contributed by atoms with Gasteiger partial charge in [0.15, 0.2) is 12.1 Å². The van der Waals surface area contributed by atoms with Crippen LogP contribution in [0.15, 0.2) is 42.5 Å². The van der Waals surface area contributed by atoms with Crippen molar-refractivity contribution in [2.24, 2.45) is 0 Å². The highest BCUT2D eigenvalue weighted by atomic mass is 16.5. The number of methoxy groups -OCH3 is 1. The molecule has 0 amide bonds. The third-order valence-corrected chi connectivity index (χ3v) is 3.17. The number of ether oxygens (including phenoxy) is 2. The summed E-state index contributed by atoms with van der Waals surface area (Å²) in [5, 5.41) is 0. The largest absolute Gasteiger partial charge is 0.497 e. The highest BCUT2D eigenvalue weighted by Gasteiger charge is 2.17. The van der Waals surface area contributed by atoms with Crippen molar-refractivity contribution in [3.63, 3.8) is 0 Å². The number of aldehydes is 1. The first-order chi connectivity index (χ1) is 10.8. The van der Waals surface area contributed by atoms with Gasteiger partial charge in [-0.05, 0) is 63.2 Å². The average molecular weight is 312 g/mol. The molecule has 2 aromatic rings. The standard InChI is InChI=1S/C19H20O4/c1-19(2,3)23-16-10-7-14(12-20)17(11-16)18(21)13-5-8-15(22-4)9-6-13/h5-12H,1-4H3. The molecule has 4 nitrogen and oxygen atoms in total. The number of benzene rings is 2. The number of carbonyl (C=O) groups is 2. The molecule has 0 aliphatic heterocycles. The molecule has 0 aliphatic rings. The molecule has 4 heteroatoms. The van der Waals surface area contributed by atoms with Gasteiger partial charge in [0.2, 0.25) is 0 Å². The van der Waals surface area contributed by atoms with Crippen molar-refractivity contribution in [3.05, 3.63) is 59.2 Å². The first-order valence-corrected chi connectivity index (χ1v) is 7.31. The zero-order valence-electron chi connectivity index (χ0n) is 13.8. The lowest BCUT2D eigenvalue weighted by Crippen LogP contribution is -2.23. The second kappa shape index (κ2) is 6.65. The Bertz CT molecular complexity index is 709. The molecule has 0 saturated heterocycles. The van der Waals surface area contributed by atoms with Crippen molar-refractivity contribution >= 4 is 12.1 Å². The number of hydrogen-bond acceptors (Lipinski definition) is 4. The molecular weight excluding hydrogens is 292 g/mol. The van der Waals surface area contributed by atoms with E-state index in [4.69, 9.17) is 9.47 Å². The summed E-state index contributed by atoms with van der Waals surface area (Å²) in [5.74, 6) is 0.996. The maximum atomic E-state index is 12.7. The normalized spacial score (nSPS) is 11.0. The number of ketones is 1. The van der Waals surface area contributed by atoms with E-state index in [1.54, 1.807) is 49.6 Å². The molecule has 0 aliphatic carbocycles. The summed E-state index contributed by atoms with van der Waals surface area (Å²) in [7, 11) is 1.56. The van der Waals surface area contributed by atoms with Gasteiger partial charge in [-0.25, -0.2) is 0 Å². The average Bonchev–Trinajstić information content (AvgIpc) is 2.52. The molecule has 0 fully saturated rings. The minimum Gasteiger partial charge on any atom is -0.497 e. The van der Waals surface area contributed by atoms with E-state index >= 15 is 0 Å². The molecule has 120 valence electrons. The Morgan fingerprint density at radius 2 is 1.61 bits per heavy atom. The van der Waals surface area contributed by atoms with Crippen molar-refractivity contribution < 1.29 is 19.1 Å². The second-order valence-corrected chi connectivity index (χ2v) is 6.14. The van der Waals surface area contributed by atoms with Crippen LogP contribution in [0.3, 0.4) is 0 Å². The third kappa shape index (κ3) is 4.19. The number of hydrogen-bond donors (Lipinski definition) is 0. The van der Waals surface area contributed by atoms with Crippen LogP contribution in [-0.4, -0.2) is 24.8 Å². The van der Waals surface area contributed by atoms with Crippen LogP contribution in [-0.2, 0) is 0 Å². The Labute approximate surface area is 136 Å². The van der Waals surface area contributed by atoms with E-state index in [2.05, 4.69) is 0 Å². The van der Waals surface area contributed by atoms with Gasteiger partial charge < -0.3 is 9.47 Å². The van der Waals surface area contributed by atoms with E-state index in [0.29, 0.717) is 34.5 Å². The van der Waals surface area contributed by atoms with E-state index < -0.39 is 0 Å². The van der Waals surface area contributed by atoms with Gasteiger partial charge in [0.05, 0.1) is 7.11 Å². The van der Waals surface area contributed by atoms with Gasteiger partial charge in [0.25, 0.3) is 0 Å². The predicted octanol–water partition coefficient (Wildman–Crippen LogP) is 3.92. The molecule has 23 heavy (non-hydrogen) atoms. The van der Waals surface area contributed by atoms with Crippen LogP contribution in [0.5, 0.6) is 11.5 Å². The van der Waals surface area contributed by atoms with Gasteiger partial charge in [0, 0.05) is 16.7 Å². The molecule has 0 heterocycles. The van der Waals surface area contributed by atoms with Crippen molar-refractivity contribution in [2.75, 3.05) is 7.11 Å².